The Balaban J connectivity index is 3.56. The zero-order valence-electron chi connectivity index (χ0n) is 6.47. The van der Waals surface area contributed by atoms with Gasteiger partial charge in [0.05, 0.1) is 6.54 Å². The summed E-state index contributed by atoms with van der Waals surface area (Å²) in [7, 11) is -0.702. The summed E-state index contributed by atoms with van der Waals surface area (Å²) in [5, 5.41) is 5.03. The van der Waals surface area contributed by atoms with Crippen LogP contribution in [0.2, 0.25) is 0 Å². The minimum Gasteiger partial charge on any atom is -0.358 e. The van der Waals surface area contributed by atoms with Crippen LogP contribution >= 0.6 is 7.29 Å². The SMILES string of the molecule is CNC(=O)CNP(C)(C)=O. The molecule has 0 fully saturated rings. The summed E-state index contributed by atoms with van der Waals surface area (Å²) in [6.45, 7) is 3.28. The summed E-state index contributed by atoms with van der Waals surface area (Å²) < 4.78 is 10.9. The normalized spacial score (nSPS) is 11.1. The van der Waals surface area contributed by atoms with Gasteiger partial charge in [-0.1, -0.05) is 0 Å². The minimum absolute atomic E-state index is 0.126. The molecule has 0 bridgehead atoms. The Hall–Kier alpha value is -0.340. The molecule has 0 saturated heterocycles. The van der Waals surface area contributed by atoms with Gasteiger partial charge in [0.2, 0.25) is 5.91 Å². The van der Waals surface area contributed by atoms with Crippen molar-refractivity contribution in [2.45, 2.75) is 0 Å². The summed E-state index contributed by atoms with van der Waals surface area (Å²) >= 11 is 0. The molecule has 0 heterocycles. The fraction of sp³-hybridized carbons (Fsp3) is 0.800. The summed E-state index contributed by atoms with van der Waals surface area (Å²) in [6, 6.07) is 0. The lowest BCUT2D eigenvalue weighted by Gasteiger charge is -2.06. The van der Waals surface area contributed by atoms with E-state index < -0.39 is 7.29 Å². The molecule has 0 unspecified atom stereocenters. The quantitative estimate of drug-likeness (QED) is 0.571. The number of hydrogen-bond donors (Lipinski definition) is 2. The van der Waals surface area contributed by atoms with Crippen molar-refractivity contribution in [2.75, 3.05) is 26.9 Å². The van der Waals surface area contributed by atoms with Crippen LogP contribution in [0.4, 0.5) is 0 Å². The standard InChI is InChI=1S/C5H13N2O2P/c1-6-5(8)4-7-10(2,3)9/h4H2,1-3H3,(H,6,8)(H,7,9). The molecule has 0 atom stereocenters. The van der Waals surface area contributed by atoms with Crippen molar-refractivity contribution in [3.63, 3.8) is 0 Å². The second kappa shape index (κ2) is 3.74. The number of amides is 1. The van der Waals surface area contributed by atoms with Gasteiger partial charge >= 0.3 is 0 Å². The summed E-state index contributed by atoms with van der Waals surface area (Å²) in [6.07, 6.45) is 0. The highest BCUT2D eigenvalue weighted by Gasteiger charge is 2.06. The van der Waals surface area contributed by atoms with E-state index >= 15 is 0 Å². The zero-order valence-corrected chi connectivity index (χ0v) is 7.37. The number of likely N-dealkylation sites (N-methyl/N-ethyl adjacent to an activating group) is 1. The maximum Gasteiger partial charge on any atom is 0.234 e. The second-order valence-electron chi connectivity index (χ2n) is 2.36. The fourth-order valence-electron chi connectivity index (χ4n) is 0.351. The van der Waals surface area contributed by atoms with Crippen LogP contribution in [0.15, 0.2) is 0 Å². The van der Waals surface area contributed by atoms with E-state index in [1.165, 1.54) is 0 Å². The monoisotopic (exact) mass is 164 g/mol. The molecular weight excluding hydrogens is 151 g/mol. The highest BCUT2D eigenvalue weighted by atomic mass is 31.2. The lowest BCUT2D eigenvalue weighted by atomic mass is 10.6. The molecule has 1 amide bonds. The summed E-state index contributed by atoms with van der Waals surface area (Å²) in [5.41, 5.74) is 0. The van der Waals surface area contributed by atoms with E-state index in [1.54, 1.807) is 20.4 Å². The fourth-order valence-corrected chi connectivity index (χ4v) is 0.875. The highest BCUT2D eigenvalue weighted by Crippen LogP contribution is 2.28. The molecule has 60 valence electrons. The first-order valence-corrected chi connectivity index (χ1v) is 5.56. The smallest absolute Gasteiger partial charge is 0.234 e. The molecule has 0 aliphatic rings. The topological polar surface area (TPSA) is 58.2 Å². The molecule has 0 spiro atoms. The number of hydrogen-bond acceptors (Lipinski definition) is 2. The molecule has 0 radical (unpaired) electrons. The van der Waals surface area contributed by atoms with E-state index in [-0.39, 0.29) is 12.5 Å². The van der Waals surface area contributed by atoms with Crippen molar-refractivity contribution in [3.05, 3.63) is 0 Å². The maximum atomic E-state index is 10.9. The average Bonchev–Trinajstić information content (AvgIpc) is 1.81. The van der Waals surface area contributed by atoms with Gasteiger partial charge in [0.15, 0.2) is 0 Å². The third-order valence-electron chi connectivity index (χ3n) is 0.899. The predicted octanol–water partition coefficient (Wildman–Crippen LogP) is -0.140. The van der Waals surface area contributed by atoms with Gasteiger partial charge in [-0.05, 0) is 0 Å². The molecule has 0 aliphatic heterocycles. The Morgan fingerprint density at radius 2 is 2.00 bits per heavy atom. The third-order valence-corrected chi connectivity index (χ3v) is 1.82. The molecule has 10 heavy (non-hydrogen) atoms. The Kier molecular flexibility index (Phi) is 3.61. The number of nitrogens with one attached hydrogen (secondary N) is 2. The lowest BCUT2D eigenvalue weighted by molar-refractivity contribution is -0.119. The van der Waals surface area contributed by atoms with Gasteiger partial charge < -0.3 is 9.88 Å². The summed E-state index contributed by atoms with van der Waals surface area (Å²) in [4.78, 5) is 10.6. The average molecular weight is 164 g/mol. The Morgan fingerprint density at radius 3 is 2.30 bits per heavy atom. The number of rotatable bonds is 3. The second-order valence-corrected chi connectivity index (χ2v) is 5.38. The molecule has 0 aromatic carbocycles. The van der Waals surface area contributed by atoms with E-state index in [1.807, 2.05) is 0 Å². The largest absolute Gasteiger partial charge is 0.358 e. The van der Waals surface area contributed by atoms with E-state index in [9.17, 15) is 9.36 Å². The first-order valence-electron chi connectivity index (χ1n) is 2.96. The number of carbonyl (C=O) groups is 1. The van der Waals surface area contributed by atoms with Crippen LogP contribution in [-0.2, 0) is 9.36 Å². The van der Waals surface area contributed by atoms with Crippen molar-refractivity contribution < 1.29 is 9.36 Å². The minimum atomic E-state index is -2.24. The van der Waals surface area contributed by atoms with Crippen LogP contribution in [-0.4, -0.2) is 32.8 Å². The van der Waals surface area contributed by atoms with Crippen LogP contribution in [0.25, 0.3) is 0 Å². The molecule has 0 aliphatic carbocycles. The molecule has 0 aromatic rings. The first kappa shape index (κ1) is 9.66. The lowest BCUT2D eigenvalue weighted by Crippen LogP contribution is -2.29. The van der Waals surface area contributed by atoms with Gasteiger partial charge in [0, 0.05) is 20.4 Å². The van der Waals surface area contributed by atoms with Crippen LogP contribution < -0.4 is 10.4 Å². The van der Waals surface area contributed by atoms with Crippen molar-refractivity contribution in [1.29, 1.82) is 0 Å². The molecule has 5 heteroatoms. The molecule has 0 aromatic heterocycles. The Labute approximate surface area is 60.8 Å². The van der Waals surface area contributed by atoms with Gasteiger partial charge in [-0.2, -0.15) is 0 Å². The van der Waals surface area contributed by atoms with Crippen molar-refractivity contribution in [2.24, 2.45) is 0 Å². The van der Waals surface area contributed by atoms with Gasteiger partial charge in [0.1, 0.15) is 7.29 Å². The van der Waals surface area contributed by atoms with E-state index in [0.717, 1.165) is 0 Å². The zero-order chi connectivity index (χ0) is 8.20. The van der Waals surface area contributed by atoms with Gasteiger partial charge in [0.25, 0.3) is 0 Å². The van der Waals surface area contributed by atoms with Crippen molar-refractivity contribution in [1.82, 2.24) is 10.4 Å². The van der Waals surface area contributed by atoms with Gasteiger partial charge in [-0.25, -0.2) is 0 Å². The summed E-state index contributed by atoms with van der Waals surface area (Å²) in [5.74, 6) is -0.149. The predicted molar refractivity (Wildman–Crippen MR) is 41.5 cm³/mol. The van der Waals surface area contributed by atoms with Crippen LogP contribution in [0, 0.1) is 0 Å². The van der Waals surface area contributed by atoms with Crippen molar-refractivity contribution >= 4 is 13.2 Å². The van der Waals surface area contributed by atoms with Crippen molar-refractivity contribution in [3.8, 4) is 0 Å². The molecule has 2 N–H and O–H groups in total. The Bertz CT molecular complexity index is 163. The molecular formula is C5H13N2O2P. The molecule has 4 nitrogen and oxygen atoms in total. The maximum absolute atomic E-state index is 10.9. The van der Waals surface area contributed by atoms with Crippen LogP contribution in [0.1, 0.15) is 0 Å². The van der Waals surface area contributed by atoms with Crippen LogP contribution in [0.3, 0.4) is 0 Å². The van der Waals surface area contributed by atoms with Gasteiger partial charge in [-0.15, -0.1) is 0 Å². The van der Waals surface area contributed by atoms with Gasteiger partial charge in [-0.3, -0.25) is 9.88 Å². The van der Waals surface area contributed by atoms with E-state index in [4.69, 9.17) is 0 Å². The van der Waals surface area contributed by atoms with Crippen LogP contribution in [0.5, 0.6) is 0 Å². The Morgan fingerprint density at radius 1 is 1.50 bits per heavy atom. The third kappa shape index (κ3) is 5.79. The molecule has 0 rings (SSSR count). The highest BCUT2D eigenvalue weighted by molar-refractivity contribution is 7.60. The number of carbonyl (C=O) groups excluding carboxylic acids is 1. The first-order chi connectivity index (χ1) is 4.45. The molecule has 0 saturated carbocycles. The van der Waals surface area contributed by atoms with E-state index in [0.29, 0.717) is 0 Å². The van der Waals surface area contributed by atoms with E-state index in [2.05, 4.69) is 10.4 Å².